The lowest BCUT2D eigenvalue weighted by molar-refractivity contribution is -0.130. The third kappa shape index (κ3) is 2.87. The molecule has 0 aromatic carbocycles. The summed E-state index contributed by atoms with van der Waals surface area (Å²) in [5.74, 6) is 3.53. The summed E-state index contributed by atoms with van der Waals surface area (Å²) in [5, 5.41) is 12.1. The van der Waals surface area contributed by atoms with E-state index in [-0.39, 0.29) is 0 Å². The normalized spacial score (nSPS) is 8.36. The van der Waals surface area contributed by atoms with Gasteiger partial charge < -0.3 is 5.11 Å². The Balaban J connectivity index is 2.48. The lowest BCUT2D eigenvalue weighted by atomic mass is 10.2. The first kappa shape index (κ1) is 7.83. The second kappa shape index (κ2) is 3.79. The summed E-state index contributed by atoms with van der Waals surface area (Å²) in [6.45, 7) is 0. The van der Waals surface area contributed by atoms with E-state index in [2.05, 4.69) is 11.8 Å². The summed E-state index contributed by atoms with van der Waals surface area (Å²) in [7, 11) is 0. The molecule has 0 bridgehead atoms. The molecule has 3 heteroatoms. The standard InChI is InChI=1S/C8H6O2S/c9-8(10)3-1-2-7-4-5-11-6-7/h4-6H,2H2,(H,9,10). The average molecular weight is 166 g/mol. The van der Waals surface area contributed by atoms with Crippen molar-refractivity contribution in [3.8, 4) is 11.8 Å². The second-order valence-corrected chi connectivity index (χ2v) is 2.70. The maximum absolute atomic E-state index is 9.96. The molecule has 0 aliphatic heterocycles. The van der Waals surface area contributed by atoms with Crippen molar-refractivity contribution < 1.29 is 9.90 Å². The Morgan fingerprint density at radius 1 is 1.73 bits per heavy atom. The van der Waals surface area contributed by atoms with Crippen molar-refractivity contribution in [3.63, 3.8) is 0 Å². The fraction of sp³-hybridized carbons (Fsp3) is 0.125. The van der Waals surface area contributed by atoms with Gasteiger partial charge in [0.05, 0.1) is 0 Å². The van der Waals surface area contributed by atoms with Crippen LogP contribution in [0.1, 0.15) is 5.56 Å². The highest BCUT2D eigenvalue weighted by Gasteiger charge is 1.88. The molecule has 0 amide bonds. The molecule has 0 spiro atoms. The molecule has 56 valence electrons. The van der Waals surface area contributed by atoms with Gasteiger partial charge in [-0.1, -0.05) is 5.92 Å². The average Bonchev–Trinajstić information content (AvgIpc) is 2.39. The minimum Gasteiger partial charge on any atom is -0.472 e. The zero-order chi connectivity index (χ0) is 8.10. The largest absolute Gasteiger partial charge is 0.472 e. The van der Waals surface area contributed by atoms with Gasteiger partial charge in [0.15, 0.2) is 0 Å². The van der Waals surface area contributed by atoms with Gasteiger partial charge in [-0.25, -0.2) is 4.79 Å². The van der Waals surface area contributed by atoms with Crippen LogP contribution in [0.4, 0.5) is 0 Å². The van der Waals surface area contributed by atoms with Gasteiger partial charge >= 0.3 is 5.97 Å². The van der Waals surface area contributed by atoms with Crippen molar-refractivity contribution in [3.05, 3.63) is 22.4 Å². The summed E-state index contributed by atoms with van der Waals surface area (Å²) in [5.41, 5.74) is 1.07. The number of hydrogen-bond donors (Lipinski definition) is 1. The Hall–Kier alpha value is -1.27. The molecule has 0 unspecified atom stereocenters. The molecule has 2 nitrogen and oxygen atoms in total. The van der Waals surface area contributed by atoms with Crippen molar-refractivity contribution in [1.29, 1.82) is 0 Å². The predicted octanol–water partition coefficient (Wildman–Crippen LogP) is 1.38. The first-order valence-corrected chi connectivity index (χ1v) is 3.96. The topological polar surface area (TPSA) is 37.3 Å². The highest BCUT2D eigenvalue weighted by Crippen LogP contribution is 2.05. The van der Waals surface area contributed by atoms with Crippen LogP contribution in [0, 0.1) is 11.8 Å². The van der Waals surface area contributed by atoms with E-state index >= 15 is 0 Å². The maximum atomic E-state index is 9.96. The van der Waals surface area contributed by atoms with Crippen LogP contribution in [-0.2, 0) is 11.2 Å². The number of aliphatic carboxylic acids is 1. The summed E-state index contributed by atoms with van der Waals surface area (Å²) in [6.07, 6.45) is 0.524. The zero-order valence-corrected chi connectivity index (χ0v) is 6.52. The van der Waals surface area contributed by atoms with Crippen molar-refractivity contribution in [2.24, 2.45) is 0 Å². The molecule has 11 heavy (non-hydrogen) atoms. The van der Waals surface area contributed by atoms with Crippen LogP contribution >= 0.6 is 11.3 Å². The molecular formula is C8H6O2S. The third-order valence-corrected chi connectivity index (χ3v) is 1.80. The summed E-state index contributed by atoms with van der Waals surface area (Å²) in [4.78, 5) is 9.96. The molecule has 1 rings (SSSR count). The first-order valence-electron chi connectivity index (χ1n) is 3.02. The van der Waals surface area contributed by atoms with Gasteiger partial charge in [-0.3, -0.25) is 0 Å². The van der Waals surface area contributed by atoms with Crippen molar-refractivity contribution in [2.45, 2.75) is 6.42 Å². The quantitative estimate of drug-likeness (QED) is 0.640. The molecular weight excluding hydrogens is 160 g/mol. The van der Waals surface area contributed by atoms with E-state index in [1.165, 1.54) is 0 Å². The monoisotopic (exact) mass is 166 g/mol. The number of rotatable bonds is 1. The van der Waals surface area contributed by atoms with Crippen molar-refractivity contribution in [1.82, 2.24) is 0 Å². The number of hydrogen-bond acceptors (Lipinski definition) is 2. The molecule has 1 N–H and O–H groups in total. The molecule has 1 aromatic rings. The van der Waals surface area contributed by atoms with Gasteiger partial charge in [-0.2, -0.15) is 11.3 Å². The van der Waals surface area contributed by atoms with Crippen LogP contribution in [0.3, 0.4) is 0 Å². The Bertz CT molecular complexity index is 290. The molecule has 0 atom stereocenters. The SMILES string of the molecule is O=C(O)C#CCc1ccsc1. The van der Waals surface area contributed by atoms with E-state index < -0.39 is 5.97 Å². The number of carboxylic acids is 1. The second-order valence-electron chi connectivity index (χ2n) is 1.92. The molecule has 0 saturated heterocycles. The number of carbonyl (C=O) groups is 1. The van der Waals surface area contributed by atoms with Crippen LogP contribution in [0.2, 0.25) is 0 Å². The lowest BCUT2D eigenvalue weighted by Crippen LogP contribution is -1.87. The molecule has 0 radical (unpaired) electrons. The summed E-state index contributed by atoms with van der Waals surface area (Å²) >= 11 is 1.58. The van der Waals surface area contributed by atoms with E-state index in [9.17, 15) is 4.79 Å². The van der Waals surface area contributed by atoms with Crippen LogP contribution in [0.25, 0.3) is 0 Å². The van der Waals surface area contributed by atoms with Gasteiger partial charge in [0.1, 0.15) is 0 Å². The molecule has 1 heterocycles. The maximum Gasteiger partial charge on any atom is 0.381 e. The Morgan fingerprint density at radius 3 is 3.09 bits per heavy atom. The van der Waals surface area contributed by atoms with Crippen LogP contribution in [0.15, 0.2) is 16.8 Å². The predicted molar refractivity (Wildman–Crippen MR) is 43.4 cm³/mol. The van der Waals surface area contributed by atoms with E-state index in [1.54, 1.807) is 11.3 Å². The van der Waals surface area contributed by atoms with Gasteiger partial charge in [0.2, 0.25) is 0 Å². The fourth-order valence-corrected chi connectivity index (χ4v) is 1.28. The fourth-order valence-electron chi connectivity index (χ4n) is 0.615. The smallest absolute Gasteiger partial charge is 0.381 e. The van der Waals surface area contributed by atoms with Gasteiger partial charge in [-0.15, -0.1) is 0 Å². The van der Waals surface area contributed by atoms with Gasteiger partial charge in [-0.05, 0) is 22.4 Å². The highest BCUT2D eigenvalue weighted by molar-refractivity contribution is 7.07. The highest BCUT2D eigenvalue weighted by atomic mass is 32.1. The summed E-state index contributed by atoms with van der Waals surface area (Å²) in [6, 6.07) is 1.93. The molecule has 0 fully saturated rings. The number of carboxylic acid groups (broad SMARTS) is 1. The van der Waals surface area contributed by atoms with E-state index in [4.69, 9.17) is 5.11 Å². The summed E-state index contributed by atoms with van der Waals surface area (Å²) < 4.78 is 0. The Kier molecular flexibility index (Phi) is 2.70. The minimum absolute atomic E-state index is 0.524. The minimum atomic E-state index is -1.07. The molecule has 0 aliphatic carbocycles. The van der Waals surface area contributed by atoms with E-state index in [0.717, 1.165) is 5.56 Å². The zero-order valence-electron chi connectivity index (χ0n) is 5.70. The van der Waals surface area contributed by atoms with Crippen LogP contribution in [-0.4, -0.2) is 11.1 Å². The van der Waals surface area contributed by atoms with Crippen molar-refractivity contribution >= 4 is 17.3 Å². The van der Waals surface area contributed by atoms with E-state index in [1.807, 2.05) is 16.8 Å². The molecule has 0 aliphatic rings. The van der Waals surface area contributed by atoms with Gasteiger partial charge in [0, 0.05) is 12.3 Å². The Morgan fingerprint density at radius 2 is 2.55 bits per heavy atom. The van der Waals surface area contributed by atoms with Crippen molar-refractivity contribution in [2.75, 3.05) is 0 Å². The number of thiophene rings is 1. The van der Waals surface area contributed by atoms with Crippen LogP contribution in [0.5, 0.6) is 0 Å². The first-order chi connectivity index (χ1) is 5.29. The van der Waals surface area contributed by atoms with E-state index in [0.29, 0.717) is 6.42 Å². The molecule has 1 aromatic heterocycles. The van der Waals surface area contributed by atoms with Crippen LogP contribution < -0.4 is 0 Å². The Labute approximate surface area is 68.5 Å². The third-order valence-electron chi connectivity index (χ3n) is 1.07. The van der Waals surface area contributed by atoms with Gasteiger partial charge in [0.25, 0.3) is 0 Å². The lowest BCUT2D eigenvalue weighted by Gasteiger charge is -1.81. The molecule has 0 saturated carbocycles.